The average molecular weight is 353 g/mol. The van der Waals surface area contributed by atoms with Crippen molar-refractivity contribution >= 4 is 22.7 Å². The lowest BCUT2D eigenvalue weighted by Gasteiger charge is -2.24. The molecule has 0 aliphatic carbocycles. The Balaban J connectivity index is 1.81. The van der Waals surface area contributed by atoms with Crippen molar-refractivity contribution in [3.8, 4) is 0 Å². The predicted molar refractivity (Wildman–Crippen MR) is 114 cm³/mol. The summed E-state index contributed by atoms with van der Waals surface area (Å²) in [7, 11) is 0. The van der Waals surface area contributed by atoms with Crippen LogP contribution in [0.3, 0.4) is 0 Å². The van der Waals surface area contributed by atoms with Gasteiger partial charge >= 0.3 is 0 Å². The molecule has 0 radical (unpaired) electrons. The highest BCUT2D eigenvalue weighted by molar-refractivity contribution is 5.70. The molecule has 0 unspecified atom stereocenters. The van der Waals surface area contributed by atoms with Gasteiger partial charge in [0.15, 0.2) is 0 Å². The molecule has 0 saturated carbocycles. The van der Waals surface area contributed by atoms with Crippen molar-refractivity contribution in [2.75, 3.05) is 47.4 Å². The van der Waals surface area contributed by atoms with Gasteiger partial charge in [-0.05, 0) is 48.9 Å². The van der Waals surface area contributed by atoms with Crippen molar-refractivity contribution in [2.24, 2.45) is 11.8 Å². The van der Waals surface area contributed by atoms with Gasteiger partial charge in [-0.25, -0.2) is 0 Å². The maximum Gasteiger partial charge on any atom is 0.0576 e. The van der Waals surface area contributed by atoms with Gasteiger partial charge in [0.2, 0.25) is 0 Å². The van der Waals surface area contributed by atoms with Gasteiger partial charge in [0.05, 0.1) is 22.7 Å². The van der Waals surface area contributed by atoms with Crippen LogP contribution in [0, 0.1) is 11.8 Å². The molecule has 1 aliphatic heterocycles. The molecule has 4 nitrogen and oxygen atoms in total. The molecule has 0 saturated heterocycles. The van der Waals surface area contributed by atoms with E-state index in [1.807, 2.05) is 0 Å². The first-order chi connectivity index (χ1) is 12.8. The molecule has 26 heavy (non-hydrogen) atoms. The first kappa shape index (κ1) is 18.4. The largest absolute Gasteiger partial charge is 0.383 e. The van der Waals surface area contributed by atoms with E-state index in [1.165, 1.54) is 22.7 Å². The third-order valence-corrected chi connectivity index (χ3v) is 5.33. The minimum atomic E-state index is 0.572. The quantitative estimate of drug-likeness (QED) is 0.607. The number of benzene rings is 2. The van der Waals surface area contributed by atoms with Crippen molar-refractivity contribution in [3.05, 3.63) is 48.5 Å². The monoisotopic (exact) mass is 352 g/mol. The van der Waals surface area contributed by atoms with Gasteiger partial charge < -0.3 is 21.3 Å². The predicted octanol–water partition coefficient (Wildman–Crippen LogP) is 5.10. The van der Waals surface area contributed by atoms with E-state index >= 15 is 0 Å². The van der Waals surface area contributed by atoms with Crippen molar-refractivity contribution in [2.45, 2.75) is 26.7 Å². The fourth-order valence-corrected chi connectivity index (χ4v) is 3.32. The van der Waals surface area contributed by atoms with Crippen molar-refractivity contribution in [1.82, 2.24) is 0 Å². The van der Waals surface area contributed by atoms with E-state index in [0.717, 1.165) is 39.0 Å². The molecule has 4 heteroatoms. The maximum absolute atomic E-state index is 3.66. The lowest BCUT2D eigenvalue weighted by molar-refractivity contribution is 0.559. The van der Waals surface area contributed by atoms with E-state index in [-0.39, 0.29) is 0 Å². The molecule has 2 aromatic carbocycles. The second kappa shape index (κ2) is 9.37. The first-order valence-corrected chi connectivity index (χ1v) is 9.93. The Morgan fingerprint density at radius 3 is 1.08 bits per heavy atom. The lowest BCUT2D eigenvalue weighted by Crippen LogP contribution is -2.25. The van der Waals surface area contributed by atoms with Crippen LogP contribution in [0.2, 0.25) is 0 Å². The molecule has 0 fully saturated rings. The molecule has 1 aliphatic rings. The summed E-state index contributed by atoms with van der Waals surface area (Å²) in [5, 5.41) is 14.6. The normalized spacial score (nSPS) is 20.8. The number of hydrogen-bond acceptors (Lipinski definition) is 4. The van der Waals surface area contributed by atoms with E-state index in [4.69, 9.17) is 0 Å². The Hall–Kier alpha value is -2.36. The van der Waals surface area contributed by atoms with Gasteiger partial charge in [0.25, 0.3) is 0 Å². The number of hydrogen-bond donors (Lipinski definition) is 4. The Morgan fingerprint density at radius 2 is 0.846 bits per heavy atom. The summed E-state index contributed by atoms with van der Waals surface area (Å²) >= 11 is 0. The number of fused-ring (bicyclic) bond motifs is 2. The minimum Gasteiger partial charge on any atom is -0.383 e. The van der Waals surface area contributed by atoms with Crippen LogP contribution in [-0.2, 0) is 0 Å². The van der Waals surface area contributed by atoms with Crippen LogP contribution in [0.25, 0.3) is 0 Å². The first-order valence-electron chi connectivity index (χ1n) is 9.93. The molecule has 4 N–H and O–H groups in total. The molecule has 1 heterocycles. The zero-order valence-electron chi connectivity index (χ0n) is 16.0. The number of rotatable bonds is 2. The third-order valence-electron chi connectivity index (χ3n) is 5.33. The lowest BCUT2D eigenvalue weighted by atomic mass is 10.0. The van der Waals surface area contributed by atoms with Gasteiger partial charge in [-0.1, -0.05) is 38.1 Å². The number of anilines is 4. The Labute approximate surface area is 157 Å². The molecular formula is C22H32N4. The molecule has 3 rings (SSSR count). The molecule has 0 bridgehead atoms. The number of para-hydroxylation sites is 4. The molecule has 0 aromatic heterocycles. The molecular weight excluding hydrogens is 320 g/mol. The van der Waals surface area contributed by atoms with Crippen molar-refractivity contribution < 1.29 is 0 Å². The van der Waals surface area contributed by atoms with Crippen LogP contribution >= 0.6 is 0 Å². The van der Waals surface area contributed by atoms with Crippen LogP contribution in [0.4, 0.5) is 22.7 Å². The van der Waals surface area contributed by atoms with Gasteiger partial charge in [-0.3, -0.25) is 0 Å². The van der Waals surface area contributed by atoms with Crippen molar-refractivity contribution in [3.63, 3.8) is 0 Å². The maximum atomic E-state index is 3.66. The van der Waals surface area contributed by atoms with Crippen molar-refractivity contribution in [1.29, 1.82) is 0 Å². The van der Waals surface area contributed by atoms with E-state index < -0.39 is 0 Å². The van der Waals surface area contributed by atoms with E-state index in [0.29, 0.717) is 11.8 Å². The smallest absolute Gasteiger partial charge is 0.0576 e. The van der Waals surface area contributed by atoms with E-state index in [1.54, 1.807) is 0 Å². The van der Waals surface area contributed by atoms with Gasteiger partial charge in [-0.15, -0.1) is 0 Å². The Morgan fingerprint density at radius 1 is 0.577 bits per heavy atom. The van der Waals surface area contributed by atoms with Crippen LogP contribution < -0.4 is 21.3 Å². The standard InChI is InChI=1S/C22H32N4/c1-3-17-13-23-19-9-5-7-11-21(19)25-15-18(4-2)16-26-22-12-8-6-10-20(22)24-14-17/h5-12,17-18,23-26H,3-4,13-16H2,1-2H3. The van der Waals surface area contributed by atoms with Gasteiger partial charge in [0, 0.05) is 26.2 Å². The second-order valence-corrected chi connectivity index (χ2v) is 7.16. The summed E-state index contributed by atoms with van der Waals surface area (Å²) in [5.41, 5.74) is 4.80. The zero-order valence-corrected chi connectivity index (χ0v) is 16.0. The van der Waals surface area contributed by atoms with Crippen LogP contribution in [0.15, 0.2) is 48.5 Å². The third kappa shape index (κ3) is 4.84. The van der Waals surface area contributed by atoms with Gasteiger partial charge in [-0.2, -0.15) is 0 Å². The van der Waals surface area contributed by atoms with Gasteiger partial charge in [0.1, 0.15) is 0 Å². The second-order valence-electron chi connectivity index (χ2n) is 7.16. The Bertz CT molecular complexity index is 572. The highest BCUT2D eigenvalue weighted by Crippen LogP contribution is 2.25. The highest BCUT2D eigenvalue weighted by atomic mass is 15.0. The summed E-state index contributed by atoms with van der Waals surface area (Å²) in [6.45, 7) is 8.39. The van der Waals surface area contributed by atoms with E-state index in [9.17, 15) is 0 Å². The molecule has 0 atom stereocenters. The molecule has 140 valence electrons. The summed E-state index contributed by atoms with van der Waals surface area (Å²) < 4.78 is 0. The van der Waals surface area contributed by atoms with Crippen LogP contribution in [0.5, 0.6) is 0 Å². The molecule has 2 aromatic rings. The highest BCUT2D eigenvalue weighted by Gasteiger charge is 2.13. The SMILES string of the molecule is CCC1CNc2ccccc2NCC(CC)CNc2ccccc2NC1. The number of nitrogens with one attached hydrogen (secondary N) is 4. The summed E-state index contributed by atoms with van der Waals surface area (Å²) in [6, 6.07) is 17.1. The molecule has 0 spiro atoms. The fourth-order valence-electron chi connectivity index (χ4n) is 3.32. The minimum absolute atomic E-state index is 0.572. The molecule has 0 amide bonds. The Kier molecular flexibility index (Phi) is 6.64. The fraction of sp³-hybridized carbons (Fsp3) is 0.455. The van der Waals surface area contributed by atoms with E-state index in [2.05, 4.69) is 83.6 Å². The topological polar surface area (TPSA) is 48.1 Å². The summed E-state index contributed by atoms with van der Waals surface area (Å²) in [6.07, 6.45) is 2.28. The zero-order chi connectivity index (χ0) is 18.2. The van der Waals surface area contributed by atoms with Crippen LogP contribution in [-0.4, -0.2) is 26.2 Å². The average Bonchev–Trinajstić information content (AvgIpc) is 2.69. The summed E-state index contributed by atoms with van der Waals surface area (Å²) in [4.78, 5) is 0. The summed E-state index contributed by atoms with van der Waals surface area (Å²) in [5.74, 6) is 1.14. The van der Waals surface area contributed by atoms with Crippen LogP contribution in [0.1, 0.15) is 26.7 Å².